The van der Waals surface area contributed by atoms with Crippen molar-refractivity contribution in [3.8, 4) is 5.75 Å². The van der Waals surface area contributed by atoms with Crippen LogP contribution in [-0.2, 0) is 11.4 Å². The first kappa shape index (κ1) is 16.3. The summed E-state index contributed by atoms with van der Waals surface area (Å²) in [7, 11) is 0. The summed E-state index contributed by atoms with van der Waals surface area (Å²) < 4.78 is 5.79. The maximum absolute atomic E-state index is 12.7. The van der Waals surface area contributed by atoms with Gasteiger partial charge in [0.25, 0.3) is 5.91 Å². The molecule has 2 heterocycles. The molecule has 2 aliphatic rings. The molecule has 1 N–H and O–H groups in total. The van der Waals surface area contributed by atoms with Gasteiger partial charge in [-0.2, -0.15) is 0 Å². The molecule has 2 saturated heterocycles. The van der Waals surface area contributed by atoms with E-state index < -0.39 is 6.10 Å². The number of piperidine rings is 1. The van der Waals surface area contributed by atoms with Crippen LogP contribution >= 0.6 is 0 Å². The Labute approximate surface area is 137 Å². The van der Waals surface area contributed by atoms with Crippen LogP contribution in [0, 0.1) is 0 Å². The molecule has 1 aromatic rings. The van der Waals surface area contributed by atoms with Crippen LogP contribution in [0.4, 0.5) is 0 Å². The average molecular weight is 318 g/mol. The van der Waals surface area contributed by atoms with Gasteiger partial charge in [0, 0.05) is 25.7 Å². The van der Waals surface area contributed by atoms with Crippen LogP contribution in [-0.4, -0.2) is 59.1 Å². The first-order valence-corrected chi connectivity index (χ1v) is 8.56. The molecule has 0 saturated carbocycles. The Morgan fingerprint density at radius 1 is 1.35 bits per heavy atom. The predicted molar refractivity (Wildman–Crippen MR) is 88.2 cm³/mol. The van der Waals surface area contributed by atoms with E-state index in [1.165, 1.54) is 25.8 Å². The first-order valence-electron chi connectivity index (χ1n) is 8.56. The molecule has 0 radical (unpaired) electrons. The van der Waals surface area contributed by atoms with Crippen molar-refractivity contribution in [1.29, 1.82) is 0 Å². The number of aliphatic hydroxyl groups excluding tert-OH is 1. The Morgan fingerprint density at radius 2 is 2.22 bits per heavy atom. The van der Waals surface area contributed by atoms with Crippen molar-refractivity contribution in [2.24, 2.45) is 0 Å². The highest BCUT2D eigenvalue weighted by Gasteiger charge is 2.33. The number of benzene rings is 1. The van der Waals surface area contributed by atoms with Gasteiger partial charge in [-0.3, -0.25) is 9.69 Å². The average Bonchev–Trinajstić information content (AvgIpc) is 2.60. The van der Waals surface area contributed by atoms with Crippen molar-refractivity contribution in [3.63, 3.8) is 0 Å². The van der Waals surface area contributed by atoms with Gasteiger partial charge in [-0.15, -0.1) is 0 Å². The van der Waals surface area contributed by atoms with Crippen molar-refractivity contribution in [2.45, 2.75) is 44.9 Å². The molecule has 3 rings (SSSR count). The van der Waals surface area contributed by atoms with E-state index in [0.717, 1.165) is 25.2 Å². The third kappa shape index (κ3) is 3.85. The molecule has 2 unspecified atom stereocenters. The van der Waals surface area contributed by atoms with Gasteiger partial charge in [0.15, 0.2) is 6.10 Å². The van der Waals surface area contributed by atoms with E-state index in [2.05, 4.69) is 4.90 Å². The monoisotopic (exact) mass is 318 g/mol. The number of hydrogen-bond acceptors (Lipinski definition) is 4. The van der Waals surface area contributed by atoms with Crippen LogP contribution < -0.4 is 4.74 Å². The number of carbonyl (C=O) groups excluding carboxylic acids is 1. The minimum atomic E-state index is -0.501. The Balaban J connectivity index is 1.58. The van der Waals surface area contributed by atoms with Crippen molar-refractivity contribution in [1.82, 2.24) is 9.80 Å². The lowest BCUT2D eigenvalue weighted by molar-refractivity contribution is -0.141. The molecule has 2 fully saturated rings. The summed E-state index contributed by atoms with van der Waals surface area (Å²) in [6.45, 7) is 5.54. The zero-order valence-electron chi connectivity index (χ0n) is 13.8. The number of fused-ring (bicyclic) bond motifs is 1. The van der Waals surface area contributed by atoms with Crippen molar-refractivity contribution < 1.29 is 14.6 Å². The van der Waals surface area contributed by atoms with Crippen molar-refractivity contribution >= 4 is 5.91 Å². The molecule has 1 aromatic carbocycles. The van der Waals surface area contributed by atoms with E-state index in [9.17, 15) is 9.90 Å². The predicted octanol–water partition coefficient (Wildman–Crippen LogP) is 1.64. The maximum Gasteiger partial charge on any atom is 0.263 e. The van der Waals surface area contributed by atoms with E-state index in [4.69, 9.17) is 4.74 Å². The second kappa shape index (κ2) is 7.32. The molecule has 0 aromatic heterocycles. The lowest BCUT2D eigenvalue weighted by Gasteiger charge is -2.44. The summed E-state index contributed by atoms with van der Waals surface area (Å²) >= 11 is 0. The van der Waals surface area contributed by atoms with Crippen molar-refractivity contribution in [2.75, 3.05) is 26.2 Å². The van der Waals surface area contributed by atoms with Gasteiger partial charge in [-0.25, -0.2) is 0 Å². The minimum Gasteiger partial charge on any atom is -0.481 e. The Kier molecular flexibility index (Phi) is 5.18. The Morgan fingerprint density at radius 3 is 3.04 bits per heavy atom. The molecule has 5 heteroatoms. The molecular formula is C18H26N2O3. The summed E-state index contributed by atoms with van der Waals surface area (Å²) in [5, 5.41) is 9.18. The molecule has 23 heavy (non-hydrogen) atoms. The van der Waals surface area contributed by atoms with Crippen LogP contribution in [0.25, 0.3) is 0 Å². The Bertz CT molecular complexity index is 549. The highest BCUT2D eigenvalue weighted by atomic mass is 16.5. The first-order chi connectivity index (χ1) is 11.2. The lowest BCUT2D eigenvalue weighted by Crippen LogP contribution is -2.57. The highest BCUT2D eigenvalue weighted by molar-refractivity contribution is 5.81. The molecule has 2 atom stereocenters. The van der Waals surface area contributed by atoms with E-state index in [1.807, 2.05) is 23.1 Å². The van der Waals surface area contributed by atoms with Crippen LogP contribution in [0.3, 0.4) is 0 Å². The largest absolute Gasteiger partial charge is 0.481 e. The number of rotatable bonds is 4. The van der Waals surface area contributed by atoms with E-state index in [1.54, 1.807) is 13.0 Å². The fourth-order valence-corrected chi connectivity index (χ4v) is 3.58. The lowest BCUT2D eigenvalue weighted by atomic mass is 9.99. The van der Waals surface area contributed by atoms with Gasteiger partial charge in [0.1, 0.15) is 5.75 Å². The topological polar surface area (TPSA) is 53.0 Å². The fraction of sp³-hybridized carbons (Fsp3) is 0.611. The van der Waals surface area contributed by atoms with Gasteiger partial charge < -0.3 is 14.7 Å². The smallest absolute Gasteiger partial charge is 0.263 e. The van der Waals surface area contributed by atoms with Crippen LogP contribution in [0.5, 0.6) is 5.75 Å². The third-order valence-corrected chi connectivity index (χ3v) is 4.89. The standard InChI is InChI=1S/C18H26N2O3/c1-14(23-17-7-4-5-15(11-17)13-21)18(22)20-10-9-19-8-3-2-6-16(19)12-20/h4-5,7,11,14,16,21H,2-3,6,8-10,12-13H2,1H3. The summed E-state index contributed by atoms with van der Waals surface area (Å²) in [6.07, 6.45) is 3.24. The molecule has 0 bridgehead atoms. The zero-order chi connectivity index (χ0) is 16.2. The quantitative estimate of drug-likeness (QED) is 0.917. The van der Waals surface area contributed by atoms with E-state index in [0.29, 0.717) is 11.8 Å². The van der Waals surface area contributed by atoms with Crippen LogP contribution in [0.2, 0.25) is 0 Å². The molecule has 0 spiro atoms. The van der Waals surface area contributed by atoms with Gasteiger partial charge in [0.2, 0.25) is 0 Å². The van der Waals surface area contributed by atoms with Crippen LogP contribution in [0.15, 0.2) is 24.3 Å². The molecule has 126 valence electrons. The van der Waals surface area contributed by atoms with Gasteiger partial charge >= 0.3 is 0 Å². The van der Waals surface area contributed by atoms with E-state index >= 15 is 0 Å². The number of amides is 1. The summed E-state index contributed by atoms with van der Waals surface area (Å²) in [4.78, 5) is 17.1. The molecule has 0 aliphatic carbocycles. The van der Waals surface area contributed by atoms with Gasteiger partial charge in [-0.1, -0.05) is 18.6 Å². The normalized spacial score (nSPS) is 23.2. The minimum absolute atomic E-state index is 0.0246. The maximum atomic E-state index is 12.7. The van der Waals surface area contributed by atoms with Crippen LogP contribution in [0.1, 0.15) is 31.7 Å². The number of nitrogens with zero attached hydrogens (tertiary/aromatic N) is 2. The highest BCUT2D eigenvalue weighted by Crippen LogP contribution is 2.22. The summed E-state index contributed by atoms with van der Waals surface area (Å²) in [5.41, 5.74) is 0.790. The summed E-state index contributed by atoms with van der Waals surface area (Å²) in [6, 6.07) is 7.79. The summed E-state index contributed by atoms with van der Waals surface area (Å²) in [5.74, 6) is 0.693. The number of carbonyl (C=O) groups is 1. The van der Waals surface area contributed by atoms with E-state index in [-0.39, 0.29) is 12.5 Å². The number of hydrogen-bond donors (Lipinski definition) is 1. The van der Waals surface area contributed by atoms with Crippen molar-refractivity contribution in [3.05, 3.63) is 29.8 Å². The Hall–Kier alpha value is -1.59. The number of ether oxygens (including phenoxy) is 1. The molecule has 1 amide bonds. The molecular weight excluding hydrogens is 292 g/mol. The second-order valence-electron chi connectivity index (χ2n) is 6.54. The molecule has 2 aliphatic heterocycles. The number of aliphatic hydroxyl groups is 1. The molecule has 5 nitrogen and oxygen atoms in total. The second-order valence-corrected chi connectivity index (χ2v) is 6.54. The van der Waals surface area contributed by atoms with Gasteiger partial charge in [-0.05, 0) is 44.0 Å². The third-order valence-electron chi connectivity index (χ3n) is 4.89. The number of piperazine rings is 1. The fourth-order valence-electron chi connectivity index (χ4n) is 3.58. The zero-order valence-corrected chi connectivity index (χ0v) is 13.8. The van der Waals surface area contributed by atoms with Gasteiger partial charge in [0.05, 0.1) is 6.61 Å². The SMILES string of the molecule is CC(Oc1cccc(CO)c1)C(=O)N1CCN2CCCCC2C1.